The molecular formula is C13H21NO4. The van der Waals surface area contributed by atoms with E-state index in [1.807, 2.05) is 20.8 Å². The molecule has 1 saturated carbocycles. The average Bonchev–Trinajstić information content (AvgIpc) is 2.49. The Bertz CT molecular complexity index is 360. The van der Waals surface area contributed by atoms with Gasteiger partial charge in [0.2, 0.25) is 0 Å². The van der Waals surface area contributed by atoms with Crippen LogP contribution in [0.15, 0.2) is 0 Å². The van der Waals surface area contributed by atoms with E-state index in [0.29, 0.717) is 12.5 Å². The third-order valence-corrected chi connectivity index (χ3v) is 3.81. The summed E-state index contributed by atoms with van der Waals surface area (Å²) in [6.45, 7) is 6.26. The second-order valence-electron chi connectivity index (χ2n) is 6.29. The maximum absolute atomic E-state index is 12.0. The van der Waals surface area contributed by atoms with Gasteiger partial charge in [-0.3, -0.25) is 4.79 Å². The van der Waals surface area contributed by atoms with E-state index < -0.39 is 11.6 Å². The highest BCUT2D eigenvalue weighted by molar-refractivity contribution is 5.70. The molecule has 0 unspecified atom stereocenters. The lowest BCUT2D eigenvalue weighted by Gasteiger charge is -2.43. The molecule has 0 spiro atoms. The number of hydrogen-bond acceptors (Lipinski definition) is 3. The van der Waals surface area contributed by atoms with Gasteiger partial charge in [0.1, 0.15) is 5.60 Å². The number of carboxylic acid groups (broad SMARTS) is 1. The minimum atomic E-state index is -0.742. The molecule has 1 aliphatic carbocycles. The van der Waals surface area contributed by atoms with Crippen molar-refractivity contribution in [3.63, 3.8) is 0 Å². The number of fused-ring (bicyclic) bond motifs is 1. The highest BCUT2D eigenvalue weighted by Crippen LogP contribution is 2.47. The number of likely N-dealkylation sites (tertiary alicyclic amines) is 1. The molecule has 1 aliphatic heterocycles. The molecule has 2 rings (SSSR count). The molecule has 0 aromatic rings. The van der Waals surface area contributed by atoms with Crippen LogP contribution in [-0.4, -0.2) is 40.3 Å². The first kappa shape index (κ1) is 13.2. The highest BCUT2D eigenvalue weighted by Gasteiger charge is 2.51. The predicted molar refractivity (Wildman–Crippen MR) is 65.2 cm³/mol. The molecule has 2 fully saturated rings. The van der Waals surface area contributed by atoms with E-state index in [4.69, 9.17) is 9.84 Å². The fourth-order valence-electron chi connectivity index (χ4n) is 3.02. The molecule has 0 aromatic carbocycles. The Morgan fingerprint density at radius 1 is 1.39 bits per heavy atom. The molecule has 1 amide bonds. The molecule has 0 radical (unpaired) electrons. The predicted octanol–water partition coefficient (Wildman–Crippen LogP) is 2.11. The fourth-order valence-corrected chi connectivity index (χ4v) is 3.02. The van der Waals surface area contributed by atoms with Crippen molar-refractivity contribution >= 4 is 12.1 Å². The quantitative estimate of drug-likeness (QED) is 0.820. The molecule has 18 heavy (non-hydrogen) atoms. The van der Waals surface area contributed by atoms with E-state index in [-0.39, 0.29) is 24.5 Å². The normalized spacial score (nSPS) is 30.6. The molecule has 1 N–H and O–H groups in total. The first-order chi connectivity index (χ1) is 8.28. The molecule has 5 heteroatoms. The van der Waals surface area contributed by atoms with E-state index in [2.05, 4.69) is 0 Å². The number of carboxylic acids is 1. The summed E-state index contributed by atoms with van der Waals surface area (Å²) >= 11 is 0. The number of amides is 1. The molecule has 0 aromatic heterocycles. The van der Waals surface area contributed by atoms with Crippen LogP contribution in [0.1, 0.15) is 40.0 Å². The second kappa shape index (κ2) is 4.44. The van der Waals surface area contributed by atoms with Gasteiger partial charge in [-0.25, -0.2) is 4.79 Å². The Morgan fingerprint density at radius 3 is 2.61 bits per heavy atom. The summed E-state index contributed by atoms with van der Waals surface area (Å²) in [7, 11) is 0. The summed E-state index contributed by atoms with van der Waals surface area (Å²) in [5.41, 5.74) is -0.473. The van der Waals surface area contributed by atoms with E-state index in [1.54, 1.807) is 4.90 Å². The van der Waals surface area contributed by atoms with Gasteiger partial charge in [0.05, 0.1) is 0 Å². The monoisotopic (exact) mass is 255 g/mol. The first-order valence-electron chi connectivity index (χ1n) is 6.49. The number of ether oxygens (including phenoxy) is 1. The minimum Gasteiger partial charge on any atom is -0.481 e. The van der Waals surface area contributed by atoms with Crippen molar-refractivity contribution < 1.29 is 19.4 Å². The molecular weight excluding hydrogens is 234 g/mol. The SMILES string of the molecule is CC(C)(C)OC(=O)N1CC[C@H]2[C@@H](CC(=O)O)C[C@H]21. The number of carbonyl (C=O) groups excluding carboxylic acids is 1. The van der Waals surface area contributed by atoms with Gasteiger partial charge >= 0.3 is 12.1 Å². The van der Waals surface area contributed by atoms with Crippen LogP contribution in [0.5, 0.6) is 0 Å². The highest BCUT2D eigenvalue weighted by atomic mass is 16.6. The fraction of sp³-hybridized carbons (Fsp3) is 0.846. The van der Waals surface area contributed by atoms with E-state index in [1.165, 1.54) is 0 Å². The lowest BCUT2D eigenvalue weighted by molar-refractivity contribution is -0.140. The zero-order valence-corrected chi connectivity index (χ0v) is 11.2. The Hall–Kier alpha value is -1.26. The summed E-state index contributed by atoms with van der Waals surface area (Å²) in [6, 6.07) is 0.198. The lowest BCUT2D eigenvalue weighted by atomic mass is 9.68. The zero-order valence-electron chi connectivity index (χ0n) is 11.2. The van der Waals surface area contributed by atoms with E-state index in [9.17, 15) is 9.59 Å². The molecule has 0 bridgehead atoms. The number of rotatable bonds is 2. The van der Waals surface area contributed by atoms with Crippen molar-refractivity contribution in [1.29, 1.82) is 0 Å². The number of carbonyl (C=O) groups is 2. The molecule has 1 saturated heterocycles. The summed E-state index contributed by atoms with van der Waals surface area (Å²) in [4.78, 5) is 24.4. The molecule has 5 nitrogen and oxygen atoms in total. The van der Waals surface area contributed by atoms with Crippen LogP contribution in [0.3, 0.4) is 0 Å². The smallest absolute Gasteiger partial charge is 0.410 e. The van der Waals surface area contributed by atoms with Gasteiger partial charge in [-0.15, -0.1) is 0 Å². The van der Waals surface area contributed by atoms with Crippen LogP contribution in [0, 0.1) is 11.8 Å². The number of nitrogens with zero attached hydrogens (tertiary/aromatic N) is 1. The summed E-state index contributed by atoms with van der Waals surface area (Å²) < 4.78 is 5.36. The molecule has 2 aliphatic rings. The standard InChI is InChI=1S/C13H21NO4/c1-13(2,3)18-12(17)14-5-4-9-8(6-10(9)14)7-11(15)16/h8-10H,4-7H2,1-3H3,(H,15,16)/t8-,9+,10-/m1/s1. The lowest BCUT2D eigenvalue weighted by Crippen LogP contribution is -2.49. The van der Waals surface area contributed by atoms with Gasteiger partial charge in [-0.05, 0) is 45.4 Å². The Labute approximate surface area is 107 Å². The van der Waals surface area contributed by atoms with Crippen molar-refractivity contribution in [2.75, 3.05) is 6.54 Å². The average molecular weight is 255 g/mol. The summed E-state index contributed by atoms with van der Waals surface area (Å²) in [5.74, 6) is -0.150. The van der Waals surface area contributed by atoms with Crippen LogP contribution in [0.25, 0.3) is 0 Å². The Kier molecular flexibility index (Phi) is 3.25. The summed E-state index contributed by atoms with van der Waals surface area (Å²) in [6.07, 6.45) is 1.67. The van der Waals surface area contributed by atoms with Crippen LogP contribution in [0.2, 0.25) is 0 Å². The first-order valence-corrected chi connectivity index (χ1v) is 6.49. The van der Waals surface area contributed by atoms with Gasteiger partial charge in [0, 0.05) is 19.0 Å². The van der Waals surface area contributed by atoms with Crippen molar-refractivity contribution in [2.45, 2.75) is 51.7 Å². The number of aliphatic carboxylic acids is 1. The zero-order chi connectivity index (χ0) is 13.5. The largest absolute Gasteiger partial charge is 0.481 e. The Balaban J connectivity index is 1.89. The van der Waals surface area contributed by atoms with Gasteiger partial charge in [-0.2, -0.15) is 0 Å². The van der Waals surface area contributed by atoms with Gasteiger partial charge in [-0.1, -0.05) is 0 Å². The second-order valence-corrected chi connectivity index (χ2v) is 6.29. The summed E-state index contributed by atoms with van der Waals surface area (Å²) in [5, 5.41) is 8.79. The molecule has 3 atom stereocenters. The third-order valence-electron chi connectivity index (χ3n) is 3.81. The maximum atomic E-state index is 12.0. The van der Waals surface area contributed by atoms with Crippen molar-refractivity contribution in [3.05, 3.63) is 0 Å². The van der Waals surface area contributed by atoms with Gasteiger partial charge in [0.15, 0.2) is 0 Å². The van der Waals surface area contributed by atoms with E-state index in [0.717, 1.165) is 12.8 Å². The van der Waals surface area contributed by atoms with Crippen LogP contribution in [-0.2, 0) is 9.53 Å². The molecule has 1 heterocycles. The minimum absolute atomic E-state index is 0.198. The molecule has 102 valence electrons. The Morgan fingerprint density at radius 2 is 2.06 bits per heavy atom. The topological polar surface area (TPSA) is 66.8 Å². The third kappa shape index (κ3) is 2.60. The number of hydrogen-bond donors (Lipinski definition) is 1. The van der Waals surface area contributed by atoms with Gasteiger partial charge in [0.25, 0.3) is 0 Å². The van der Waals surface area contributed by atoms with Crippen molar-refractivity contribution in [2.24, 2.45) is 11.8 Å². The van der Waals surface area contributed by atoms with Gasteiger partial charge < -0.3 is 14.7 Å². The maximum Gasteiger partial charge on any atom is 0.410 e. The van der Waals surface area contributed by atoms with Crippen LogP contribution in [0.4, 0.5) is 4.79 Å². The van der Waals surface area contributed by atoms with Crippen LogP contribution >= 0.6 is 0 Å². The van der Waals surface area contributed by atoms with Crippen molar-refractivity contribution in [3.8, 4) is 0 Å². The van der Waals surface area contributed by atoms with Crippen LogP contribution < -0.4 is 0 Å². The van der Waals surface area contributed by atoms with E-state index >= 15 is 0 Å². The van der Waals surface area contributed by atoms with Crippen molar-refractivity contribution in [1.82, 2.24) is 4.90 Å².